The number of aromatic nitrogens is 1. The van der Waals surface area contributed by atoms with Gasteiger partial charge >= 0.3 is 0 Å². The van der Waals surface area contributed by atoms with Gasteiger partial charge in [0.25, 0.3) is 10.0 Å². The van der Waals surface area contributed by atoms with Crippen LogP contribution in [0.1, 0.15) is 24.3 Å². The predicted molar refractivity (Wildman–Crippen MR) is 75.1 cm³/mol. The maximum absolute atomic E-state index is 12.9. The molecule has 0 radical (unpaired) electrons. The van der Waals surface area contributed by atoms with E-state index in [0.29, 0.717) is 23.3 Å². The van der Waals surface area contributed by atoms with Crippen molar-refractivity contribution in [2.45, 2.75) is 36.4 Å². The number of nitrogens with zero attached hydrogens (tertiary/aromatic N) is 2. The summed E-state index contributed by atoms with van der Waals surface area (Å²) in [7, 11) is -3.41. The topological polar surface area (TPSA) is 59.5 Å². The molecule has 7 heteroatoms. The molecule has 0 N–H and O–H groups in total. The Bertz CT molecular complexity index is 636. The number of sulfonamides is 1. The summed E-state index contributed by atoms with van der Waals surface area (Å²) < 4.78 is 33.4. The Hall–Kier alpha value is -0.500. The van der Waals surface area contributed by atoms with E-state index in [-0.39, 0.29) is 11.5 Å². The number of ether oxygens (including phenoxy) is 1. The number of fused-ring (bicyclic) bond motifs is 2. The summed E-state index contributed by atoms with van der Waals surface area (Å²) in [4.78, 5) is 4.09. The molecule has 0 unspecified atom stereocenters. The summed E-state index contributed by atoms with van der Waals surface area (Å²) in [6.07, 6.45) is 5.00. The minimum atomic E-state index is -3.41. The number of hydrogen-bond acceptors (Lipinski definition) is 5. The van der Waals surface area contributed by atoms with Crippen LogP contribution in [0.4, 0.5) is 0 Å². The monoisotopic (exact) mass is 314 g/mol. The van der Waals surface area contributed by atoms with Gasteiger partial charge in [-0.2, -0.15) is 4.31 Å². The first-order valence-electron chi connectivity index (χ1n) is 7.05. The van der Waals surface area contributed by atoms with Crippen molar-refractivity contribution in [3.63, 3.8) is 0 Å². The maximum atomic E-state index is 12.9. The van der Waals surface area contributed by atoms with E-state index in [2.05, 4.69) is 4.98 Å². The third-order valence-electron chi connectivity index (χ3n) is 5.19. The van der Waals surface area contributed by atoms with Crippen molar-refractivity contribution in [3.8, 4) is 0 Å². The molecule has 0 amide bonds. The van der Waals surface area contributed by atoms with Gasteiger partial charge in [-0.3, -0.25) is 0 Å². The van der Waals surface area contributed by atoms with E-state index in [4.69, 9.17) is 4.74 Å². The van der Waals surface area contributed by atoms with Crippen LogP contribution in [0.3, 0.4) is 0 Å². The summed E-state index contributed by atoms with van der Waals surface area (Å²) in [5.41, 5.74) is 0.188. The Labute approximate surface area is 123 Å². The molecule has 0 bridgehead atoms. The highest BCUT2D eigenvalue weighted by Crippen LogP contribution is 2.56. The molecule has 3 aliphatic rings. The van der Waals surface area contributed by atoms with Crippen molar-refractivity contribution in [2.75, 3.05) is 19.8 Å². The first kappa shape index (κ1) is 13.2. The van der Waals surface area contributed by atoms with E-state index < -0.39 is 10.0 Å². The lowest BCUT2D eigenvalue weighted by Crippen LogP contribution is -2.39. The second-order valence-corrected chi connectivity index (χ2v) is 9.53. The van der Waals surface area contributed by atoms with Crippen molar-refractivity contribution in [2.24, 2.45) is 11.3 Å². The quantitative estimate of drug-likeness (QED) is 0.833. The van der Waals surface area contributed by atoms with Crippen LogP contribution < -0.4 is 0 Å². The SMILES string of the molecule is Cc1ncc(S(=O)(=O)N2CC3(CCC3)[C@H]3COC[C@@H]32)s1. The van der Waals surface area contributed by atoms with Gasteiger partial charge in [-0.05, 0) is 25.2 Å². The Morgan fingerprint density at radius 3 is 2.85 bits per heavy atom. The summed E-state index contributed by atoms with van der Waals surface area (Å²) >= 11 is 1.26. The van der Waals surface area contributed by atoms with Crippen LogP contribution in [0.2, 0.25) is 0 Å². The predicted octanol–water partition coefficient (Wildman–Crippen LogP) is 1.64. The van der Waals surface area contributed by atoms with Gasteiger partial charge in [0.1, 0.15) is 0 Å². The van der Waals surface area contributed by atoms with Gasteiger partial charge in [0.2, 0.25) is 0 Å². The zero-order valence-electron chi connectivity index (χ0n) is 11.4. The minimum absolute atomic E-state index is 0.0303. The Kier molecular flexibility index (Phi) is 2.80. The van der Waals surface area contributed by atoms with Gasteiger partial charge in [0.15, 0.2) is 4.21 Å². The average molecular weight is 314 g/mol. The highest BCUT2D eigenvalue weighted by molar-refractivity contribution is 7.91. The van der Waals surface area contributed by atoms with Gasteiger partial charge in [0, 0.05) is 12.5 Å². The highest BCUT2D eigenvalue weighted by Gasteiger charge is 2.60. The minimum Gasteiger partial charge on any atom is -0.379 e. The van der Waals surface area contributed by atoms with E-state index >= 15 is 0 Å². The van der Waals surface area contributed by atoms with Gasteiger partial charge in [-0.15, -0.1) is 11.3 Å². The lowest BCUT2D eigenvalue weighted by molar-refractivity contribution is 0.0601. The molecule has 20 heavy (non-hydrogen) atoms. The molecule has 3 fully saturated rings. The lowest BCUT2D eigenvalue weighted by atomic mass is 9.62. The molecule has 2 saturated heterocycles. The number of aryl methyl sites for hydroxylation is 1. The van der Waals surface area contributed by atoms with Crippen LogP contribution in [0, 0.1) is 18.3 Å². The molecule has 0 aromatic carbocycles. The van der Waals surface area contributed by atoms with Crippen molar-refractivity contribution in [1.82, 2.24) is 9.29 Å². The molecule has 1 aromatic heterocycles. The Morgan fingerprint density at radius 1 is 1.45 bits per heavy atom. The zero-order chi connectivity index (χ0) is 14.0. The van der Waals surface area contributed by atoms with Gasteiger partial charge in [-0.1, -0.05) is 6.42 Å². The smallest absolute Gasteiger partial charge is 0.254 e. The highest BCUT2D eigenvalue weighted by atomic mass is 32.2. The van der Waals surface area contributed by atoms with E-state index in [1.165, 1.54) is 24.0 Å². The van der Waals surface area contributed by atoms with Crippen LogP contribution in [-0.4, -0.2) is 43.5 Å². The average Bonchev–Trinajstić information content (AvgIpc) is 2.99. The first-order chi connectivity index (χ1) is 9.53. The zero-order valence-corrected chi connectivity index (χ0v) is 13.0. The fraction of sp³-hybridized carbons (Fsp3) is 0.769. The van der Waals surface area contributed by atoms with Crippen LogP contribution in [0.25, 0.3) is 0 Å². The first-order valence-corrected chi connectivity index (χ1v) is 9.31. The van der Waals surface area contributed by atoms with Crippen LogP contribution in [0.5, 0.6) is 0 Å². The van der Waals surface area contributed by atoms with Crippen molar-refractivity contribution < 1.29 is 13.2 Å². The number of rotatable bonds is 2. The van der Waals surface area contributed by atoms with Gasteiger partial charge in [-0.25, -0.2) is 13.4 Å². The van der Waals surface area contributed by atoms with Crippen LogP contribution >= 0.6 is 11.3 Å². The summed E-state index contributed by atoms with van der Waals surface area (Å²) in [5, 5.41) is 0.792. The second-order valence-electron chi connectivity index (χ2n) is 6.18. The van der Waals surface area contributed by atoms with Crippen molar-refractivity contribution >= 4 is 21.4 Å². The fourth-order valence-electron chi connectivity index (χ4n) is 3.96. The second kappa shape index (κ2) is 4.25. The molecule has 110 valence electrons. The molecule has 1 aromatic rings. The van der Waals surface area contributed by atoms with Crippen molar-refractivity contribution in [1.29, 1.82) is 0 Å². The molecular formula is C13H18N2O3S2. The Morgan fingerprint density at radius 2 is 2.25 bits per heavy atom. The Balaban J connectivity index is 1.71. The number of thiazole rings is 1. The normalized spacial score (nSPS) is 32.5. The largest absolute Gasteiger partial charge is 0.379 e. The standard InChI is InChI=1S/C13H18N2O3S2/c1-9-14-5-12(19-9)20(16,17)15-8-13(3-2-4-13)10-6-18-7-11(10)15/h5,10-11H,2-4,6-8H2,1H3/t10-,11-/m0/s1. The lowest BCUT2D eigenvalue weighted by Gasteiger charge is -2.42. The molecule has 1 aliphatic carbocycles. The van der Waals surface area contributed by atoms with Gasteiger partial charge < -0.3 is 4.74 Å². The molecule has 3 heterocycles. The maximum Gasteiger partial charge on any atom is 0.254 e. The third kappa shape index (κ3) is 1.66. The molecule has 2 aliphatic heterocycles. The molecule has 4 rings (SSSR count). The third-order valence-corrected chi connectivity index (χ3v) is 8.41. The van der Waals surface area contributed by atoms with E-state index in [1.807, 2.05) is 6.92 Å². The summed E-state index contributed by atoms with van der Waals surface area (Å²) in [6, 6.07) is 0.0303. The molecule has 1 spiro atoms. The summed E-state index contributed by atoms with van der Waals surface area (Å²) in [6.45, 7) is 3.77. The summed E-state index contributed by atoms with van der Waals surface area (Å²) in [5.74, 6) is 0.389. The van der Waals surface area contributed by atoms with Gasteiger partial charge in [0.05, 0.1) is 30.5 Å². The molecule has 1 saturated carbocycles. The van der Waals surface area contributed by atoms with E-state index in [0.717, 1.165) is 24.5 Å². The fourth-order valence-corrected chi connectivity index (χ4v) is 6.94. The molecule has 2 atom stereocenters. The molecule has 5 nitrogen and oxygen atoms in total. The van der Waals surface area contributed by atoms with Crippen LogP contribution in [-0.2, 0) is 14.8 Å². The van der Waals surface area contributed by atoms with Crippen LogP contribution in [0.15, 0.2) is 10.4 Å². The van der Waals surface area contributed by atoms with E-state index in [9.17, 15) is 8.42 Å². The molecular weight excluding hydrogens is 296 g/mol. The number of hydrogen-bond donors (Lipinski definition) is 0. The van der Waals surface area contributed by atoms with E-state index in [1.54, 1.807) is 4.31 Å². The van der Waals surface area contributed by atoms with Crippen molar-refractivity contribution in [3.05, 3.63) is 11.2 Å².